The molecular formula is C20H20N8. The fourth-order valence-corrected chi connectivity index (χ4v) is 3.60. The first kappa shape index (κ1) is 16.6. The molecule has 1 aliphatic heterocycles. The number of rotatable bonds is 4. The van der Waals surface area contributed by atoms with Crippen LogP contribution in [0.15, 0.2) is 61.4 Å². The van der Waals surface area contributed by atoms with E-state index in [1.807, 2.05) is 47.2 Å². The number of hydrogen-bond donors (Lipinski definition) is 1. The maximum Gasteiger partial charge on any atom is 0.181 e. The van der Waals surface area contributed by atoms with Crippen LogP contribution < -0.4 is 4.90 Å². The van der Waals surface area contributed by atoms with Crippen LogP contribution in [0.2, 0.25) is 0 Å². The second-order valence-electron chi connectivity index (χ2n) is 6.88. The molecule has 0 aliphatic carbocycles. The molecule has 0 bridgehead atoms. The zero-order valence-electron chi connectivity index (χ0n) is 15.3. The topological polar surface area (TPSA) is 88.4 Å². The molecule has 3 aromatic heterocycles. The van der Waals surface area contributed by atoms with Gasteiger partial charge in [-0.15, -0.1) is 0 Å². The van der Waals surface area contributed by atoms with E-state index in [0.717, 1.165) is 54.8 Å². The molecular weight excluding hydrogens is 352 g/mol. The summed E-state index contributed by atoms with van der Waals surface area (Å²) in [4.78, 5) is 19.9. The normalized spacial score (nSPS) is 15.1. The van der Waals surface area contributed by atoms with Gasteiger partial charge in [0, 0.05) is 43.0 Å². The Morgan fingerprint density at radius 3 is 2.61 bits per heavy atom. The third kappa shape index (κ3) is 3.24. The summed E-state index contributed by atoms with van der Waals surface area (Å²) in [5.74, 6) is 3.89. The number of hydrogen-bond acceptors (Lipinski definition) is 6. The Labute approximate surface area is 162 Å². The SMILES string of the molecule is c1ccc(-c2n[nH]c(C3CCN(c4cc(-n5ccnc5)ncn4)CC3)n2)cc1. The maximum atomic E-state index is 4.73. The van der Waals surface area contributed by atoms with Gasteiger partial charge in [0.15, 0.2) is 5.82 Å². The van der Waals surface area contributed by atoms with Crippen molar-refractivity contribution in [2.45, 2.75) is 18.8 Å². The van der Waals surface area contributed by atoms with Crippen molar-refractivity contribution in [2.24, 2.45) is 0 Å². The van der Waals surface area contributed by atoms with Gasteiger partial charge >= 0.3 is 0 Å². The maximum absolute atomic E-state index is 4.73. The second-order valence-corrected chi connectivity index (χ2v) is 6.88. The van der Waals surface area contributed by atoms with Crippen molar-refractivity contribution >= 4 is 5.82 Å². The molecule has 0 amide bonds. The lowest BCUT2D eigenvalue weighted by molar-refractivity contribution is 0.484. The van der Waals surface area contributed by atoms with E-state index in [-0.39, 0.29) is 0 Å². The predicted octanol–water partition coefficient (Wildman–Crippen LogP) is 2.83. The summed E-state index contributed by atoms with van der Waals surface area (Å²) in [6.45, 7) is 1.85. The summed E-state index contributed by atoms with van der Waals surface area (Å²) in [6, 6.07) is 12.1. The van der Waals surface area contributed by atoms with E-state index >= 15 is 0 Å². The molecule has 140 valence electrons. The van der Waals surface area contributed by atoms with Gasteiger partial charge in [-0.05, 0) is 12.8 Å². The van der Waals surface area contributed by atoms with E-state index in [1.165, 1.54) is 0 Å². The van der Waals surface area contributed by atoms with Crippen LogP contribution in [-0.4, -0.2) is 47.8 Å². The molecule has 5 rings (SSSR count). The van der Waals surface area contributed by atoms with Crippen molar-refractivity contribution < 1.29 is 0 Å². The van der Waals surface area contributed by atoms with E-state index in [9.17, 15) is 0 Å². The summed E-state index contributed by atoms with van der Waals surface area (Å²) >= 11 is 0. The molecule has 0 radical (unpaired) electrons. The van der Waals surface area contributed by atoms with Crippen LogP contribution in [0.25, 0.3) is 17.2 Å². The Bertz CT molecular complexity index is 1030. The average Bonchev–Trinajstić information content (AvgIpc) is 3.47. The van der Waals surface area contributed by atoms with Crippen LogP contribution in [0, 0.1) is 0 Å². The number of aromatic nitrogens is 7. The monoisotopic (exact) mass is 372 g/mol. The Kier molecular flexibility index (Phi) is 4.29. The minimum absolute atomic E-state index is 0.385. The van der Waals surface area contributed by atoms with Crippen molar-refractivity contribution in [2.75, 3.05) is 18.0 Å². The van der Waals surface area contributed by atoms with Gasteiger partial charge in [-0.1, -0.05) is 30.3 Å². The van der Waals surface area contributed by atoms with Gasteiger partial charge in [0.25, 0.3) is 0 Å². The molecule has 0 spiro atoms. The lowest BCUT2D eigenvalue weighted by atomic mass is 9.96. The highest BCUT2D eigenvalue weighted by Gasteiger charge is 2.24. The zero-order chi connectivity index (χ0) is 18.8. The fraction of sp³-hybridized carbons (Fsp3) is 0.250. The highest BCUT2D eigenvalue weighted by Crippen LogP contribution is 2.29. The van der Waals surface area contributed by atoms with Crippen molar-refractivity contribution in [1.29, 1.82) is 0 Å². The van der Waals surface area contributed by atoms with Crippen molar-refractivity contribution in [3.05, 3.63) is 67.3 Å². The highest BCUT2D eigenvalue weighted by atomic mass is 15.2. The standard InChI is InChI=1S/C20H20N8/c1-2-4-15(5-3-1)19-24-20(26-25-19)16-6-9-27(10-7-16)17-12-18(23-13-22-17)28-11-8-21-14-28/h1-5,8,11-14,16H,6-7,9-10H2,(H,24,25,26). The Balaban J connectivity index is 1.27. The molecule has 8 nitrogen and oxygen atoms in total. The summed E-state index contributed by atoms with van der Waals surface area (Å²) in [5, 5.41) is 7.54. The molecule has 1 saturated heterocycles. The molecule has 1 N–H and O–H groups in total. The Morgan fingerprint density at radius 2 is 1.82 bits per heavy atom. The van der Waals surface area contributed by atoms with Crippen LogP contribution in [0.3, 0.4) is 0 Å². The van der Waals surface area contributed by atoms with Crippen LogP contribution in [0.4, 0.5) is 5.82 Å². The number of anilines is 1. The molecule has 1 aliphatic rings. The van der Waals surface area contributed by atoms with Crippen LogP contribution in [-0.2, 0) is 0 Å². The van der Waals surface area contributed by atoms with Gasteiger partial charge in [-0.25, -0.2) is 19.9 Å². The van der Waals surface area contributed by atoms with Gasteiger partial charge in [0.1, 0.15) is 30.1 Å². The Morgan fingerprint density at radius 1 is 1.00 bits per heavy atom. The number of nitrogens with zero attached hydrogens (tertiary/aromatic N) is 7. The van der Waals surface area contributed by atoms with Gasteiger partial charge in [-0.2, -0.15) is 5.10 Å². The smallest absolute Gasteiger partial charge is 0.181 e. The predicted molar refractivity (Wildman–Crippen MR) is 105 cm³/mol. The first-order valence-corrected chi connectivity index (χ1v) is 9.40. The summed E-state index contributed by atoms with van der Waals surface area (Å²) in [5.41, 5.74) is 1.04. The number of piperidine rings is 1. The van der Waals surface area contributed by atoms with Gasteiger partial charge < -0.3 is 4.90 Å². The van der Waals surface area contributed by atoms with Gasteiger partial charge in [-0.3, -0.25) is 9.67 Å². The molecule has 8 heteroatoms. The first-order valence-electron chi connectivity index (χ1n) is 9.40. The third-order valence-corrected chi connectivity index (χ3v) is 5.15. The lowest BCUT2D eigenvalue weighted by Crippen LogP contribution is -2.33. The summed E-state index contributed by atoms with van der Waals surface area (Å²) in [6.07, 6.45) is 8.99. The highest BCUT2D eigenvalue weighted by molar-refractivity contribution is 5.54. The number of benzene rings is 1. The largest absolute Gasteiger partial charge is 0.356 e. The van der Waals surface area contributed by atoms with E-state index in [4.69, 9.17) is 4.98 Å². The van der Waals surface area contributed by atoms with Gasteiger partial charge in [0.2, 0.25) is 0 Å². The minimum Gasteiger partial charge on any atom is -0.356 e. The quantitative estimate of drug-likeness (QED) is 0.593. The van der Waals surface area contributed by atoms with Crippen molar-refractivity contribution in [1.82, 2.24) is 34.7 Å². The zero-order valence-corrected chi connectivity index (χ0v) is 15.3. The van der Waals surface area contributed by atoms with E-state index in [0.29, 0.717) is 5.92 Å². The van der Waals surface area contributed by atoms with E-state index < -0.39 is 0 Å². The first-order chi connectivity index (χ1) is 13.9. The number of aromatic amines is 1. The molecule has 0 unspecified atom stereocenters. The van der Waals surface area contributed by atoms with Crippen molar-refractivity contribution in [3.63, 3.8) is 0 Å². The summed E-state index contributed by atoms with van der Waals surface area (Å²) < 4.78 is 1.89. The summed E-state index contributed by atoms with van der Waals surface area (Å²) in [7, 11) is 0. The molecule has 0 atom stereocenters. The number of H-pyrrole nitrogens is 1. The molecule has 0 saturated carbocycles. The molecule has 1 fully saturated rings. The van der Waals surface area contributed by atoms with Crippen molar-refractivity contribution in [3.8, 4) is 17.2 Å². The molecule has 4 aromatic rings. The van der Waals surface area contributed by atoms with E-state index in [2.05, 4.69) is 30.0 Å². The molecule has 28 heavy (non-hydrogen) atoms. The lowest BCUT2D eigenvalue weighted by Gasteiger charge is -2.31. The fourth-order valence-electron chi connectivity index (χ4n) is 3.60. The van der Waals surface area contributed by atoms with Crippen LogP contribution in [0.1, 0.15) is 24.6 Å². The van der Waals surface area contributed by atoms with E-state index in [1.54, 1.807) is 18.9 Å². The molecule has 4 heterocycles. The Hall–Kier alpha value is -3.55. The van der Waals surface area contributed by atoms with Gasteiger partial charge in [0.05, 0.1) is 0 Å². The number of imidazole rings is 1. The third-order valence-electron chi connectivity index (χ3n) is 5.15. The second kappa shape index (κ2) is 7.22. The van der Waals surface area contributed by atoms with Crippen LogP contribution >= 0.6 is 0 Å². The average molecular weight is 372 g/mol. The van der Waals surface area contributed by atoms with Crippen LogP contribution in [0.5, 0.6) is 0 Å². The number of nitrogens with one attached hydrogen (secondary N) is 1. The molecule has 1 aromatic carbocycles. The minimum atomic E-state index is 0.385.